The van der Waals surface area contributed by atoms with Gasteiger partial charge >= 0.3 is 5.97 Å². The summed E-state index contributed by atoms with van der Waals surface area (Å²) in [4.78, 5) is 15.7. The van der Waals surface area contributed by atoms with Crippen LogP contribution in [0.5, 0.6) is 0 Å². The molecule has 1 aliphatic carbocycles. The predicted octanol–water partition coefficient (Wildman–Crippen LogP) is 1.02. The Morgan fingerprint density at radius 3 is 2.35 bits per heavy atom. The maximum absolute atomic E-state index is 11.0. The van der Waals surface area contributed by atoms with E-state index in [2.05, 4.69) is 30.7 Å². The number of β-amino-alcohol motifs (C(OH)–C–C–N with tert-alkyl or cyclic N) is 1. The molecule has 20 heavy (non-hydrogen) atoms. The first-order chi connectivity index (χ1) is 9.22. The number of nitrogens with zero attached hydrogens (tertiary/aromatic N) is 2. The third kappa shape index (κ3) is 3.51. The Kier molecular flexibility index (Phi) is 4.42. The Bertz CT molecular complexity index is 362. The van der Waals surface area contributed by atoms with Crippen LogP contribution in [-0.4, -0.2) is 70.3 Å². The highest BCUT2D eigenvalue weighted by Gasteiger charge is 2.39. The molecule has 0 aromatic rings. The minimum Gasteiger partial charge on any atom is -0.481 e. The topological polar surface area (TPSA) is 64.0 Å². The van der Waals surface area contributed by atoms with Gasteiger partial charge in [0.1, 0.15) is 0 Å². The highest BCUT2D eigenvalue weighted by atomic mass is 16.4. The quantitative estimate of drug-likeness (QED) is 0.810. The molecule has 1 heterocycles. The van der Waals surface area contributed by atoms with Crippen molar-refractivity contribution in [1.82, 2.24) is 9.80 Å². The van der Waals surface area contributed by atoms with Gasteiger partial charge in [-0.1, -0.05) is 0 Å². The van der Waals surface area contributed by atoms with E-state index in [1.165, 1.54) is 0 Å². The molecule has 116 valence electrons. The average Bonchev–Trinajstić information content (AvgIpc) is 2.33. The lowest BCUT2D eigenvalue weighted by atomic mass is 9.78. The number of carboxylic acids is 1. The molecule has 0 aromatic heterocycles. The zero-order valence-corrected chi connectivity index (χ0v) is 12.9. The van der Waals surface area contributed by atoms with Crippen molar-refractivity contribution in [3.8, 4) is 0 Å². The first-order valence-corrected chi connectivity index (χ1v) is 7.61. The molecule has 2 N–H and O–H groups in total. The molecule has 0 amide bonds. The molecule has 0 aromatic carbocycles. The molecule has 2 aliphatic rings. The molecule has 5 nitrogen and oxygen atoms in total. The minimum absolute atomic E-state index is 0.132. The smallest absolute Gasteiger partial charge is 0.306 e. The molecule has 5 heteroatoms. The Balaban J connectivity index is 1.89. The second kappa shape index (κ2) is 5.62. The van der Waals surface area contributed by atoms with Gasteiger partial charge in [-0.2, -0.15) is 0 Å². The maximum atomic E-state index is 11.0. The van der Waals surface area contributed by atoms with E-state index in [0.717, 1.165) is 19.6 Å². The largest absolute Gasteiger partial charge is 0.481 e. The summed E-state index contributed by atoms with van der Waals surface area (Å²) in [5, 5.41) is 19.7. The summed E-state index contributed by atoms with van der Waals surface area (Å²) in [6, 6.07) is 0. The summed E-state index contributed by atoms with van der Waals surface area (Å²) in [7, 11) is 2.14. The number of hydrogen-bond acceptors (Lipinski definition) is 4. The zero-order valence-electron chi connectivity index (χ0n) is 12.9. The number of carbonyl (C=O) groups is 1. The molecular formula is C15H28N2O3. The highest BCUT2D eigenvalue weighted by molar-refractivity contribution is 5.70. The van der Waals surface area contributed by atoms with E-state index >= 15 is 0 Å². The van der Waals surface area contributed by atoms with Gasteiger partial charge in [0.2, 0.25) is 0 Å². The van der Waals surface area contributed by atoms with E-state index in [1.807, 2.05) is 0 Å². The summed E-state index contributed by atoms with van der Waals surface area (Å²) in [5.74, 6) is -0.980. The Morgan fingerprint density at radius 2 is 1.85 bits per heavy atom. The molecule has 1 aliphatic heterocycles. The van der Waals surface area contributed by atoms with Gasteiger partial charge in [0.05, 0.1) is 11.5 Å². The molecule has 2 rings (SSSR count). The molecule has 0 spiro atoms. The van der Waals surface area contributed by atoms with Crippen LogP contribution in [0.15, 0.2) is 0 Å². The zero-order chi connectivity index (χ0) is 15.0. The monoisotopic (exact) mass is 284 g/mol. The molecule has 0 radical (unpaired) electrons. The van der Waals surface area contributed by atoms with Crippen LogP contribution in [-0.2, 0) is 4.79 Å². The lowest BCUT2D eigenvalue weighted by molar-refractivity contribution is -0.145. The van der Waals surface area contributed by atoms with Crippen LogP contribution in [0.25, 0.3) is 0 Å². The van der Waals surface area contributed by atoms with Crippen molar-refractivity contribution < 1.29 is 15.0 Å². The molecule has 0 bridgehead atoms. The fourth-order valence-electron chi connectivity index (χ4n) is 3.45. The van der Waals surface area contributed by atoms with E-state index in [4.69, 9.17) is 5.11 Å². The van der Waals surface area contributed by atoms with Crippen LogP contribution in [0.3, 0.4) is 0 Å². The van der Waals surface area contributed by atoms with Crippen molar-refractivity contribution >= 4 is 5.97 Å². The van der Waals surface area contributed by atoms with Crippen LogP contribution < -0.4 is 0 Å². The van der Waals surface area contributed by atoms with Crippen molar-refractivity contribution in [2.75, 3.05) is 33.2 Å². The van der Waals surface area contributed by atoms with E-state index in [0.29, 0.717) is 32.2 Å². The standard InChI is InChI=1S/C15H28N2O3/c1-14(2)10-17(9-8-16(14)3)11-15(20)6-4-12(5-7-15)13(18)19/h12,20H,4-11H2,1-3H3,(H,18,19). The third-order valence-corrected chi connectivity index (χ3v) is 5.18. The minimum atomic E-state index is -0.715. The van der Waals surface area contributed by atoms with Gasteiger partial charge < -0.3 is 10.2 Å². The summed E-state index contributed by atoms with van der Waals surface area (Å²) >= 11 is 0. The van der Waals surface area contributed by atoms with E-state index in [-0.39, 0.29) is 11.5 Å². The first kappa shape index (κ1) is 15.7. The highest BCUT2D eigenvalue weighted by Crippen LogP contribution is 2.33. The lowest BCUT2D eigenvalue weighted by Gasteiger charge is -2.48. The number of likely N-dealkylation sites (N-methyl/N-ethyl adjacent to an activating group) is 1. The Labute approximate surface area is 121 Å². The Hall–Kier alpha value is -0.650. The van der Waals surface area contributed by atoms with Gasteiger partial charge in [-0.25, -0.2) is 0 Å². The van der Waals surface area contributed by atoms with Crippen molar-refractivity contribution in [1.29, 1.82) is 0 Å². The van der Waals surface area contributed by atoms with Gasteiger partial charge in [-0.05, 0) is 46.6 Å². The normalized spacial score (nSPS) is 35.9. The maximum Gasteiger partial charge on any atom is 0.306 e. The fourth-order valence-corrected chi connectivity index (χ4v) is 3.45. The number of hydrogen-bond donors (Lipinski definition) is 2. The molecular weight excluding hydrogens is 256 g/mol. The van der Waals surface area contributed by atoms with Crippen molar-refractivity contribution in [3.63, 3.8) is 0 Å². The van der Waals surface area contributed by atoms with E-state index < -0.39 is 11.6 Å². The number of aliphatic carboxylic acids is 1. The van der Waals surface area contributed by atoms with Crippen LogP contribution in [0.4, 0.5) is 0 Å². The fraction of sp³-hybridized carbons (Fsp3) is 0.933. The van der Waals surface area contributed by atoms with Crippen molar-refractivity contribution in [2.24, 2.45) is 5.92 Å². The third-order valence-electron chi connectivity index (χ3n) is 5.18. The summed E-state index contributed by atoms with van der Waals surface area (Å²) in [5.41, 5.74) is -0.565. The molecule has 2 fully saturated rings. The first-order valence-electron chi connectivity index (χ1n) is 7.61. The molecule has 0 atom stereocenters. The number of rotatable bonds is 3. The van der Waals surface area contributed by atoms with Gasteiger partial charge in [-0.15, -0.1) is 0 Å². The van der Waals surface area contributed by atoms with Crippen LogP contribution in [0.1, 0.15) is 39.5 Å². The van der Waals surface area contributed by atoms with Crippen LogP contribution >= 0.6 is 0 Å². The van der Waals surface area contributed by atoms with Crippen LogP contribution in [0.2, 0.25) is 0 Å². The number of piperazine rings is 1. The van der Waals surface area contributed by atoms with E-state index in [9.17, 15) is 9.90 Å². The van der Waals surface area contributed by atoms with Gasteiger partial charge in [0.25, 0.3) is 0 Å². The average molecular weight is 284 g/mol. The summed E-state index contributed by atoms with van der Waals surface area (Å²) in [6.07, 6.45) is 2.42. The summed E-state index contributed by atoms with van der Waals surface area (Å²) < 4.78 is 0. The van der Waals surface area contributed by atoms with Crippen molar-refractivity contribution in [3.05, 3.63) is 0 Å². The van der Waals surface area contributed by atoms with Crippen LogP contribution in [0, 0.1) is 5.92 Å². The molecule has 1 saturated heterocycles. The van der Waals surface area contributed by atoms with E-state index in [1.54, 1.807) is 0 Å². The summed E-state index contributed by atoms with van der Waals surface area (Å²) in [6.45, 7) is 8.07. The second-order valence-electron chi connectivity index (χ2n) is 7.28. The SMILES string of the molecule is CN1CCN(CC2(O)CCC(C(=O)O)CC2)CC1(C)C. The van der Waals surface area contributed by atoms with Gasteiger partial charge in [0.15, 0.2) is 0 Å². The number of carboxylic acid groups (broad SMARTS) is 1. The lowest BCUT2D eigenvalue weighted by Crippen LogP contribution is -2.60. The second-order valence-corrected chi connectivity index (χ2v) is 7.28. The molecule has 1 saturated carbocycles. The van der Waals surface area contributed by atoms with Crippen molar-refractivity contribution in [2.45, 2.75) is 50.7 Å². The predicted molar refractivity (Wildman–Crippen MR) is 77.7 cm³/mol. The Morgan fingerprint density at radius 1 is 1.25 bits per heavy atom. The molecule has 0 unspecified atom stereocenters. The van der Waals surface area contributed by atoms with Gasteiger partial charge in [-0.3, -0.25) is 14.6 Å². The van der Waals surface area contributed by atoms with Gasteiger partial charge in [0, 0.05) is 31.7 Å². The number of aliphatic hydroxyl groups is 1.